The number of nitro groups is 1. The molecule has 0 spiro atoms. The molecule has 0 saturated carbocycles. The molecule has 4 aromatic rings. The normalized spacial score (nSPS) is 12.1. The lowest BCUT2D eigenvalue weighted by Crippen LogP contribution is -2.27. The smallest absolute Gasteiger partial charge is 0.347 e. The van der Waals surface area contributed by atoms with Gasteiger partial charge in [0.2, 0.25) is 5.75 Å². The molecule has 0 fully saturated rings. The number of carbonyl (C=O) groups is 1. The predicted molar refractivity (Wildman–Crippen MR) is 164 cm³/mol. The van der Waals surface area contributed by atoms with Gasteiger partial charge in [-0.2, -0.15) is 9.78 Å². The van der Waals surface area contributed by atoms with Crippen LogP contribution in [0.4, 0.5) is 5.69 Å². The lowest BCUT2D eigenvalue weighted by molar-refractivity contribution is -0.386. The number of benzene rings is 3. The average Bonchev–Trinajstić information content (AvgIpc) is 2.97. The van der Waals surface area contributed by atoms with Gasteiger partial charge in [0.1, 0.15) is 5.75 Å². The van der Waals surface area contributed by atoms with E-state index in [1.165, 1.54) is 29.9 Å². The van der Waals surface area contributed by atoms with E-state index >= 15 is 0 Å². The minimum Gasteiger partial charge on any atom is -0.494 e. The number of hydrogen-bond acceptors (Lipinski definition) is 9. The van der Waals surface area contributed by atoms with Crippen LogP contribution in [0.2, 0.25) is 0 Å². The van der Waals surface area contributed by atoms with E-state index in [2.05, 4.69) is 18.9 Å². The summed E-state index contributed by atoms with van der Waals surface area (Å²) in [7, 11) is 0. The maximum Gasteiger partial charge on any atom is 0.347 e. The number of fused-ring (bicyclic) bond motifs is 1. The van der Waals surface area contributed by atoms with E-state index in [1.807, 2.05) is 26.0 Å². The van der Waals surface area contributed by atoms with Gasteiger partial charge >= 0.3 is 11.7 Å². The van der Waals surface area contributed by atoms with E-state index in [0.29, 0.717) is 23.1 Å². The van der Waals surface area contributed by atoms with Gasteiger partial charge in [0.25, 0.3) is 5.56 Å². The fourth-order valence-corrected chi connectivity index (χ4v) is 4.60. The van der Waals surface area contributed by atoms with Gasteiger partial charge in [-0.1, -0.05) is 32.0 Å². The topological polar surface area (TPSA) is 135 Å². The molecule has 0 N–H and O–H groups in total. The third-order valence-corrected chi connectivity index (χ3v) is 6.72. The average molecular weight is 587 g/mol. The quantitative estimate of drug-likeness (QED) is 0.0902. The highest BCUT2D eigenvalue weighted by Gasteiger charge is 2.25. The first-order valence-electron chi connectivity index (χ1n) is 14.0. The maximum absolute atomic E-state index is 13.8. The monoisotopic (exact) mass is 586 g/mol. The Hall–Kier alpha value is -5.06. The SMILES string of the molecule is CCOC(=O)[C@H](C)Oc1c(C=Nn2c(-c3cc(C(C)C)c(OCC)cc3C)nc3ccccc3c2=O)cccc1[N+](=O)[O-]. The summed E-state index contributed by atoms with van der Waals surface area (Å²) in [4.78, 5) is 42.1. The molecule has 0 aliphatic carbocycles. The third kappa shape index (κ3) is 6.56. The standard InChI is InChI=1S/C32H34N4O7/c1-7-41-28-16-20(5)25(17-24(28)19(3)4)30-34-26-14-10-9-13-23(26)31(37)35(30)33-18-22-12-11-15-27(36(39)40)29(22)43-21(6)32(38)42-8-2/h9-19,21H,7-8H2,1-6H3/t21-/m0/s1. The second-order valence-electron chi connectivity index (χ2n) is 10.1. The molecule has 0 radical (unpaired) electrons. The van der Waals surface area contributed by atoms with Gasteiger partial charge in [0.05, 0.1) is 35.3 Å². The number of aromatic nitrogens is 2. The van der Waals surface area contributed by atoms with Crippen LogP contribution in [0.25, 0.3) is 22.3 Å². The third-order valence-electron chi connectivity index (χ3n) is 6.72. The van der Waals surface area contributed by atoms with E-state index in [4.69, 9.17) is 19.2 Å². The van der Waals surface area contributed by atoms with E-state index in [1.54, 1.807) is 37.3 Å². The highest BCUT2D eigenvalue weighted by Crippen LogP contribution is 2.35. The molecule has 1 aromatic heterocycles. The Kier molecular flexibility index (Phi) is 9.54. The first kappa shape index (κ1) is 30.9. The molecule has 0 aliphatic rings. The second-order valence-corrected chi connectivity index (χ2v) is 10.1. The number of rotatable bonds is 11. The molecular weight excluding hydrogens is 552 g/mol. The highest BCUT2D eigenvalue weighted by atomic mass is 16.6. The summed E-state index contributed by atoms with van der Waals surface area (Å²) in [6.07, 6.45) is 0.157. The van der Waals surface area contributed by atoms with Crippen molar-refractivity contribution in [1.29, 1.82) is 0 Å². The summed E-state index contributed by atoms with van der Waals surface area (Å²) in [5.74, 6) is 0.310. The summed E-state index contributed by atoms with van der Waals surface area (Å²) >= 11 is 0. The second kappa shape index (κ2) is 13.3. The van der Waals surface area contributed by atoms with Crippen LogP contribution in [-0.4, -0.2) is 46.1 Å². The molecular formula is C32H34N4O7. The minimum atomic E-state index is -1.13. The number of para-hydroxylation sites is 2. The molecule has 0 bridgehead atoms. The molecule has 0 aliphatic heterocycles. The number of aryl methyl sites for hydroxylation is 1. The molecule has 0 unspecified atom stereocenters. The summed E-state index contributed by atoms with van der Waals surface area (Å²) in [6, 6.07) is 15.1. The number of hydrogen-bond donors (Lipinski definition) is 0. The van der Waals surface area contributed by atoms with Crippen molar-refractivity contribution in [2.75, 3.05) is 13.2 Å². The Labute approximate surface area is 248 Å². The lowest BCUT2D eigenvalue weighted by atomic mass is 9.96. The highest BCUT2D eigenvalue weighted by molar-refractivity contribution is 5.87. The molecule has 224 valence electrons. The van der Waals surface area contributed by atoms with Gasteiger partial charge in [-0.3, -0.25) is 14.9 Å². The summed E-state index contributed by atoms with van der Waals surface area (Å²) in [5.41, 5.74) is 2.33. The van der Waals surface area contributed by atoms with Gasteiger partial charge in [-0.05, 0) is 75.1 Å². The zero-order chi connectivity index (χ0) is 31.3. The molecule has 4 rings (SSSR count). The number of nitro benzene ring substituents is 1. The molecule has 11 heteroatoms. The Bertz CT molecular complexity index is 1760. The van der Waals surface area contributed by atoms with Gasteiger partial charge < -0.3 is 14.2 Å². The summed E-state index contributed by atoms with van der Waals surface area (Å²) in [6.45, 7) is 11.6. The fraction of sp³-hybridized carbons (Fsp3) is 0.312. The molecule has 3 aromatic carbocycles. The minimum absolute atomic E-state index is 0.121. The number of esters is 1. The van der Waals surface area contributed by atoms with Crippen molar-refractivity contribution in [2.24, 2.45) is 5.10 Å². The van der Waals surface area contributed by atoms with Crippen LogP contribution in [0.1, 0.15) is 57.2 Å². The van der Waals surface area contributed by atoms with Crippen molar-refractivity contribution < 1.29 is 23.9 Å². The largest absolute Gasteiger partial charge is 0.494 e. The molecule has 11 nitrogen and oxygen atoms in total. The van der Waals surface area contributed by atoms with E-state index in [0.717, 1.165) is 16.9 Å². The molecule has 0 saturated heterocycles. The zero-order valence-corrected chi connectivity index (χ0v) is 25.0. The van der Waals surface area contributed by atoms with Crippen molar-refractivity contribution in [1.82, 2.24) is 9.66 Å². The molecule has 1 atom stereocenters. The van der Waals surface area contributed by atoms with E-state index < -0.39 is 22.6 Å². The first-order valence-corrected chi connectivity index (χ1v) is 14.0. The van der Waals surface area contributed by atoms with Crippen LogP contribution in [-0.2, 0) is 9.53 Å². The molecule has 0 amide bonds. The van der Waals surface area contributed by atoms with Crippen molar-refractivity contribution in [3.05, 3.63) is 91.8 Å². The Morgan fingerprint density at radius 1 is 1.09 bits per heavy atom. The van der Waals surface area contributed by atoms with Crippen molar-refractivity contribution >= 4 is 28.8 Å². The first-order chi connectivity index (χ1) is 20.6. The zero-order valence-electron chi connectivity index (χ0n) is 25.0. The fourth-order valence-electron chi connectivity index (χ4n) is 4.60. The van der Waals surface area contributed by atoms with E-state index in [-0.39, 0.29) is 35.3 Å². The lowest BCUT2D eigenvalue weighted by Gasteiger charge is -2.18. The van der Waals surface area contributed by atoms with Crippen molar-refractivity contribution in [2.45, 2.75) is 53.6 Å². The van der Waals surface area contributed by atoms with E-state index in [9.17, 15) is 19.7 Å². The van der Waals surface area contributed by atoms with Crippen LogP contribution >= 0.6 is 0 Å². The van der Waals surface area contributed by atoms with Gasteiger partial charge in [0.15, 0.2) is 11.9 Å². The maximum atomic E-state index is 13.8. The summed E-state index contributed by atoms with van der Waals surface area (Å²) in [5, 5.41) is 16.7. The number of ether oxygens (including phenoxy) is 3. The number of nitrogens with zero attached hydrogens (tertiary/aromatic N) is 4. The molecule has 1 heterocycles. The van der Waals surface area contributed by atoms with Gasteiger partial charge in [-0.25, -0.2) is 9.78 Å². The van der Waals surface area contributed by atoms with Crippen LogP contribution < -0.4 is 15.0 Å². The van der Waals surface area contributed by atoms with Crippen molar-refractivity contribution in [3.63, 3.8) is 0 Å². The molecule has 43 heavy (non-hydrogen) atoms. The van der Waals surface area contributed by atoms with Gasteiger partial charge in [-0.15, -0.1) is 0 Å². The van der Waals surface area contributed by atoms with Crippen LogP contribution in [0.15, 0.2) is 64.5 Å². The Morgan fingerprint density at radius 2 is 1.84 bits per heavy atom. The van der Waals surface area contributed by atoms with Crippen LogP contribution in [0.3, 0.4) is 0 Å². The number of carbonyl (C=O) groups excluding carboxylic acids is 1. The van der Waals surface area contributed by atoms with Crippen molar-refractivity contribution in [3.8, 4) is 22.9 Å². The van der Waals surface area contributed by atoms with Crippen LogP contribution in [0.5, 0.6) is 11.5 Å². The predicted octanol–water partition coefficient (Wildman–Crippen LogP) is 6.01. The van der Waals surface area contributed by atoms with Crippen LogP contribution in [0, 0.1) is 17.0 Å². The summed E-state index contributed by atoms with van der Waals surface area (Å²) < 4.78 is 17.8. The Balaban J connectivity index is 1.94. The Morgan fingerprint density at radius 3 is 2.51 bits per heavy atom. The van der Waals surface area contributed by atoms with Gasteiger partial charge in [0, 0.05) is 17.2 Å².